The lowest BCUT2D eigenvalue weighted by Gasteiger charge is -1.88. The summed E-state index contributed by atoms with van der Waals surface area (Å²) >= 11 is 3.30. The first-order chi connectivity index (χ1) is 5.85. The molecule has 3 nitrogen and oxygen atoms in total. The van der Waals surface area contributed by atoms with Crippen LogP contribution in [0.15, 0.2) is 10.5 Å². The molecule has 0 aromatic carbocycles. The summed E-state index contributed by atoms with van der Waals surface area (Å²) < 4.78 is 3.00. The maximum absolute atomic E-state index is 4.40. The van der Waals surface area contributed by atoms with E-state index in [0.717, 1.165) is 15.7 Å². The van der Waals surface area contributed by atoms with Gasteiger partial charge >= 0.3 is 0 Å². The standard InChI is InChI=1S/C7H9N3S2/c1-3-5-4-8-6-10(5)9-7(11-2)12-6/h4H,3H2,1-2H3. The highest BCUT2D eigenvalue weighted by Crippen LogP contribution is 2.22. The molecule has 2 rings (SSSR count). The highest BCUT2D eigenvalue weighted by molar-refractivity contribution is 8.00. The Bertz CT molecular complexity index is 390. The van der Waals surface area contributed by atoms with Gasteiger partial charge in [-0.3, -0.25) is 0 Å². The molecule has 0 amide bonds. The number of nitrogens with zero attached hydrogens (tertiary/aromatic N) is 3. The van der Waals surface area contributed by atoms with Crippen molar-refractivity contribution in [2.75, 3.05) is 6.26 Å². The lowest BCUT2D eigenvalue weighted by molar-refractivity contribution is 0.846. The summed E-state index contributed by atoms with van der Waals surface area (Å²) in [7, 11) is 0. The second kappa shape index (κ2) is 3.06. The molecular weight excluding hydrogens is 190 g/mol. The summed E-state index contributed by atoms with van der Waals surface area (Å²) in [5.74, 6) is 0. The second-order valence-electron chi connectivity index (χ2n) is 2.37. The molecule has 12 heavy (non-hydrogen) atoms. The molecule has 0 unspecified atom stereocenters. The average Bonchev–Trinajstić information content (AvgIpc) is 2.61. The lowest BCUT2D eigenvalue weighted by Crippen LogP contribution is -1.90. The van der Waals surface area contributed by atoms with E-state index in [1.807, 2.05) is 17.0 Å². The third-order valence-electron chi connectivity index (χ3n) is 1.67. The number of hydrogen-bond donors (Lipinski definition) is 0. The Hall–Kier alpha value is -0.550. The van der Waals surface area contributed by atoms with Crippen molar-refractivity contribution >= 4 is 28.1 Å². The molecule has 0 saturated carbocycles. The van der Waals surface area contributed by atoms with Crippen molar-refractivity contribution in [3.63, 3.8) is 0 Å². The van der Waals surface area contributed by atoms with E-state index in [4.69, 9.17) is 0 Å². The lowest BCUT2D eigenvalue weighted by atomic mass is 10.4. The maximum atomic E-state index is 4.40. The van der Waals surface area contributed by atoms with Crippen molar-refractivity contribution in [3.05, 3.63) is 11.9 Å². The molecular formula is C7H9N3S2. The molecule has 2 heterocycles. The molecule has 0 atom stereocenters. The average molecular weight is 199 g/mol. The topological polar surface area (TPSA) is 30.2 Å². The third-order valence-corrected chi connectivity index (χ3v) is 3.57. The van der Waals surface area contributed by atoms with Crippen molar-refractivity contribution in [3.8, 4) is 0 Å². The van der Waals surface area contributed by atoms with Crippen LogP contribution in [0, 0.1) is 0 Å². The largest absolute Gasteiger partial charge is 0.226 e. The van der Waals surface area contributed by atoms with Crippen LogP contribution in [-0.2, 0) is 6.42 Å². The molecule has 0 radical (unpaired) electrons. The van der Waals surface area contributed by atoms with Crippen LogP contribution >= 0.6 is 23.1 Å². The van der Waals surface area contributed by atoms with Crippen molar-refractivity contribution in [1.29, 1.82) is 0 Å². The van der Waals surface area contributed by atoms with E-state index >= 15 is 0 Å². The second-order valence-corrected chi connectivity index (χ2v) is 4.38. The first kappa shape index (κ1) is 8.07. The van der Waals surface area contributed by atoms with Gasteiger partial charge in [0.05, 0.1) is 11.9 Å². The van der Waals surface area contributed by atoms with E-state index in [1.54, 1.807) is 23.1 Å². The molecule has 64 valence electrons. The normalized spacial score (nSPS) is 11.2. The van der Waals surface area contributed by atoms with E-state index in [2.05, 4.69) is 17.0 Å². The van der Waals surface area contributed by atoms with Crippen LogP contribution in [0.2, 0.25) is 0 Å². The Morgan fingerprint density at radius 3 is 3.17 bits per heavy atom. The SMILES string of the molecule is CCc1cnc2sc(SC)nn12. The minimum atomic E-state index is 0.985. The minimum absolute atomic E-state index is 0.985. The highest BCUT2D eigenvalue weighted by atomic mass is 32.2. The summed E-state index contributed by atoms with van der Waals surface area (Å²) in [5, 5.41) is 4.40. The molecule has 0 saturated heterocycles. The number of imidazole rings is 1. The van der Waals surface area contributed by atoms with Crippen molar-refractivity contribution < 1.29 is 0 Å². The van der Waals surface area contributed by atoms with Crippen LogP contribution in [0.1, 0.15) is 12.6 Å². The fourth-order valence-electron chi connectivity index (χ4n) is 1.04. The molecule has 0 spiro atoms. The quantitative estimate of drug-likeness (QED) is 0.694. The predicted octanol–water partition coefficient (Wildman–Crippen LogP) is 2.08. The Kier molecular flexibility index (Phi) is 2.06. The van der Waals surface area contributed by atoms with Gasteiger partial charge in [-0.25, -0.2) is 9.50 Å². The zero-order valence-corrected chi connectivity index (χ0v) is 8.58. The van der Waals surface area contributed by atoms with Crippen molar-refractivity contribution in [2.45, 2.75) is 17.7 Å². The maximum Gasteiger partial charge on any atom is 0.213 e. The van der Waals surface area contributed by atoms with Crippen molar-refractivity contribution in [2.24, 2.45) is 0 Å². The Morgan fingerprint density at radius 2 is 2.50 bits per heavy atom. The van der Waals surface area contributed by atoms with E-state index in [0.29, 0.717) is 0 Å². The van der Waals surface area contributed by atoms with Gasteiger partial charge in [0, 0.05) is 0 Å². The molecule has 5 heteroatoms. The van der Waals surface area contributed by atoms with Crippen LogP contribution in [0.3, 0.4) is 0 Å². The smallest absolute Gasteiger partial charge is 0.213 e. The number of aryl methyl sites for hydroxylation is 1. The van der Waals surface area contributed by atoms with Crippen LogP contribution < -0.4 is 0 Å². The molecule has 0 aliphatic rings. The number of fused-ring (bicyclic) bond motifs is 1. The number of aromatic nitrogens is 3. The summed E-state index contributed by atoms with van der Waals surface area (Å²) in [4.78, 5) is 5.26. The van der Waals surface area contributed by atoms with Gasteiger partial charge in [-0.1, -0.05) is 30.0 Å². The van der Waals surface area contributed by atoms with Gasteiger partial charge in [0.15, 0.2) is 4.34 Å². The summed E-state index contributed by atoms with van der Waals surface area (Å²) in [6, 6.07) is 0. The van der Waals surface area contributed by atoms with Gasteiger partial charge in [0.25, 0.3) is 0 Å². The number of hydrogen-bond acceptors (Lipinski definition) is 4. The van der Waals surface area contributed by atoms with Gasteiger partial charge in [-0.15, -0.1) is 5.10 Å². The Labute approximate surface area is 78.8 Å². The van der Waals surface area contributed by atoms with Crippen LogP contribution in [0.25, 0.3) is 4.96 Å². The van der Waals surface area contributed by atoms with Gasteiger partial charge in [-0.05, 0) is 12.7 Å². The van der Waals surface area contributed by atoms with Gasteiger partial charge in [0.2, 0.25) is 4.96 Å². The zero-order valence-electron chi connectivity index (χ0n) is 6.94. The number of rotatable bonds is 2. The third kappa shape index (κ3) is 1.13. The fourth-order valence-corrected chi connectivity index (χ4v) is 2.39. The van der Waals surface area contributed by atoms with E-state index < -0.39 is 0 Å². The van der Waals surface area contributed by atoms with Crippen LogP contribution in [0.4, 0.5) is 0 Å². The predicted molar refractivity (Wildman–Crippen MR) is 52.0 cm³/mol. The van der Waals surface area contributed by atoms with E-state index in [9.17, 15) is 0 Å². The van der Waals surface area contributed by atoms with E-state index in [-0.39, 0.29) is 0 Å². The molecule has 2 aromatic rings. The molecule has 0 aliphatic heterocycles. The highest BCUT2D eigenvalue weighted by Gasteiger charge is 2.06. The van der Waals surface area contributed by atoms with Crippen molar-refractivity contribution in [1.82, 2.24) is 14.6 Å². The van der Waals surface area contributed by atoms with Gasteiger partial charge < -0.3 is 0 Å². The first-order valence-electron chi connectivity index (χ1n) is 3.72. The first-order valence-corrected chi connectivity index (χ1v) is 5.76. The molecule has 0 aliphatic carbocycles. The fraction of sp³-hybridized carbons (Fsp3) is 0.429. The molecule has 0 N–H and O–H groups in total. The molecule has 0 fully saturated rings. The van der Waals surface area contributed by atoms with Gasteiger partial charge in [-0.2, -0.15) is 0 Å². The summed E-state index contributed by atoms with van der Waals surface area (Å²) in [6.07, 6.45) is 4.91. The Balaban J connectivity index is 2.60. The molecule has 2 aromatic heterocycles. The Morgan fingerprint density at radius 1 is 1.67 bits per heavy atom. The van der Waals surface area contributed by atoms with Crippen LogP contribution in [-0.4, -0.2) is 20.9 Å². The molecule has 0 bridgehead atoms. The summed E-state index contributed by atoms with van der Waals surface area (Å²) in [5.41, 5.74) is 1.18. The van der Waals surface area contributed by atoms with Crippen LogP contribution in [0.5, 0.6) is 0 Å². The van der Waals surface area contributed by atoms with E-state index in [1.165, 1.54) is 5.69 Å². The summed E-state index contributed by atoms with van der Waals surface area (Å²) in [6.45, 7) is 2.11. The van der Waals surface area contributed by atoms with Gasteiger partial charge in [0.1, 0.15) is 0 Å². The number of thioether (sulfide) groups is 1. The minimum Gasteiger partial charge on any atom is -0.226 e. The monoisotopic (exact) mass is 199 g/mol. The zero-order chi connectivity index (χ0) is 8.55.